The topological polar surface area (TPSA) is 86.8 Å². The van der Waals surface area contributed by atoms with E-state index in [9.17, 15) is 9.59 Å². The Hall–Kier alpha value is -3.39. The lowest BCUT2D eigenvalue weighted by Crippen LogP contribution is -2.30. The summed E-state index contributed by atoms with van der Waals surface area (Å²) >= 11 is 1.33. The summed E-state index contributed by atoms with van der Waals surface area (Å²) in [5.41, 5.74) is 2.12. The largest absolute Gasteiger partial charge is 0.497 e. The number of aromatic nitrogens is 1. The summed E-state index contributed by atoms with van der Waals surface area (Å²) in [6, 6.07) is 15.0. The molecule has 0 fully saturated rings. The third-order valence-corrected chi connectivity index (χ3v) is 5.17. The van der Waals surface area contributed by atoms with Gasteiger partial charge in [-0.1, -0.05) is 12.1 Å². The van der Waals surface area contributed by atoms with Gasteiger partial charge in [-0.25, -0.2) is 9.78 Å². The first-order chi connectivity index (χ1) is 14.6. The van der Waals surface area contributed by atoms with E-state index in [0.717, 1.165) is 22.6 Å². The molecule has 30 heavy (non-hydrogen) atoms. The quantitative estimate of drug-likeness (QED) is 0.528. The van der Waals surface area contributed by atoms with Crippen LogP contribution in [0.15, 0.2) is 53.9 Å². The van der Waals surface area contributed by atoms with Gasteiger partial charge in [0, 0.05) is 17.5 Å². The predicted octanol–water partition coefficient (Wildman–Crippen LogP) is 3.34. The summed E-state index contributed by atoms with van der Waals surface area (Å²) in [5, 5.41) is 5.03. The number of hydrogen-bond acceptors (Lipinski definition) is 7. The first-order valence-corrected chi connectivity index (χ1v) is 10.1. The summed E-state index contributed by atoms with van der Waals surface area (Å²) in [5.74, 6) is 0.540. The van der Waals surface area contributed by atoms with Crippen molar-refractivity contribution in [2.75, 3.05) is 27.4 Å². The van der Waals surface area contributed by atoms with Crippen molar-refractivity contribution in [3.05, 3.63) is 65.2 Å². The number of hydrogen-bond donors (Lipinski definition) is 1. The number of methoxy groups -OCH3 is 2. The van der Waals surface area contributed by atoms with Gasteiger partial charge in [-0.05, 0) is 48.4 Å². The highest BCUT2D eigenvalue weighted by atomic mass is 32.1. The van der Waals surface area contributed by atoms with E-state index in [1.54, 1.807) is 19.6 Å². The van der Waals surface area contributed by atoms with Gasteiger partial charge >= 0.3 is 5.97 Å². The summed E-state index contributed by atoms with van der Waals surface area (Å²) < 4.78 is 15.3. The second-order valence-electron chi connectivity index (χ2n) is 6.29. The Morgan fingerprint density at radius 2 is 1.60 bits per heavy atom. The maximum absolute atomic E-state index is 12.2. The number of rotatable bonds is 9. The van der Waals surface area contributed by atoms with Gasteiger partial charge in [0.1, 0.15) is 16.5 Å². The molecule has 156 valence electrons. The van der Waals surface area contributed by atoms with Crippen molar-refractivity contribution in [3.8, 4) is 22.1 Å². The van der Waals surface area contributed by atoms with Crippen LogP contribution in [0.1, 0.15) is 16.1 Å². The van der Waals surface area contributed by atoms with E-state index < -0.39 is 5.97 Å². The van der Waals surface area contributed by atoms with Crippen LogP contribution in [0.4, 0.5) is 0 Å². The van der Waals surface area contributed by atoms with E-state index in [0.29, 0.717) is 18.0 Å². The van der Waals surface area contributed by atoms with E-state index in [2.05, 4.69) is 10.3 Å². The molecule has 3 aromatic rings. The van der Waals surface area contributed by atoms with Gasteiger partial charge < -0.3 is 19.5 Å². The minimum Gasteiger partial charge on any atom is -0.497 e. The molecule has 8 heteroatoms. The van der Waals surface area contributed by atoms with Crippen LogP contribution in [-0.2, 0) is 16.0 Å². The average molecular weight is 426 g/mol. The molecule has 0 unspecified atom stereocenters. The molecular weight excluding hydrogens is 404 g/mol. The van der Waals surface area contributed by atoms with E-state index >= 15 is 0 Å². The summed E-state index contributed by atoms with van der Waals surface area (Å²) in [6.45, 7) is 0.0951. The molecular formula is C22H22N2O5S. The standard InChI is InChI=1S/C22H22N2O5S/c1-27-17-7-3-15(4-8-17)11-12-23-20(25)13-29-22(26)19-14-30-21(24-19)16-5-9-18(28-2)10-6-16/h3-10,14H,11-13H2,1-2H3,(H,23,25). The van der Waals surface area contributed by atoms with Gasteiger partial charge in [-0.2, -0.15) is 0 Å². The van der Waals surface area contributed by atoms with Gasteiger partial charge in [0.2, 0.25) is 0 Å². The Balaban J connectivity index is 1.43. The second kappa shape index (κ2) is 10.4. The van der Waals surface area contributed by atoms with Crippen molar-refractivity contribution in [3.63, 3.8) is 0 Å². The maximum Gasteiger partial charge on any atom is 0.358 e. The summed E-state index contributed by atoms with van der Waals surface area (Å²) in [7, 11) is 3.21. The molecule has 1 N–H and O–H groups in total. The highest BCUT2D eigenvalue weighted by Gasteiger charge is 2.15. The molecule has 0 spiro atoms. The van der Waals surface area contributed by atoms with Crippen molar-refractivity contribution < 1.29 is 23.8 Å². The molecule has 0 saturated carbocycles. The number of nitrogens with one attached hydrogen (secondary N) is 1. The zero-order valence-corrected chi connectivity index (χ0v) is 17.5. The Kier molecular flexibility index (Phi) is 7.40. The molecule has 7 nitrogen and oxygen atoms in total. The molecule has 1 aromatic heterocycles. The lowest BCUT2D eigenvalue weighted by atomic mass is 10.1. The van der Waals surface area contributed by atoms with Gasteiger partial charge in [0.15, 0.2) is 12.3 Å². The van der Waals surface area contributed by atoms with E-state index in [1.165, 1.54) is 11.3 Å². The maximum atomic E-state index is 12.2. The first kappa shape index (κ1) is 21.3. The molecule has 0 aliphatic carbocycles. The fourth-order valence-electron chi connectivity index (χ4n) is 2.63. The zero-order chi connectivity index (χ0) is 21.3. The fourth-order valence-corrected chi connectivity index (χ4v) is 3.42. The molecule has 0 aliphatic rings. The van der Waals surface area contributed by atoms with Gasteiger partial charge in [-0.15, -0.1) is 11.3 Å². The van der Waals surface area contributed by atoms with Gasteiger partial charge in [0.25, 0.3) is 5.91 Å². The Bertz CT molecular complexity index is 984. The van der Waals surface area contributed by atoms with Crippen LogP contribution in [0, 0.1) is 0 Å². The Labute approximate surface area is 178 Å². The van der Waals surface area contributed by atoms with Crippen molar-refractivity contribution in [2.45, 2.75) is 6.42 Å². The van der Waals surface area contributed by atoms with E-state index in [-0.39, 0.29) is 18.2 Å². The number of carbonyl (C=O) groups excluding carboxylic acids is 2. The molecule has 0 bridgehead atoms. The average Bonchev–Trinajstić information content (AvgIpc) is 3.28. The van der Waals surface area contributed by atoms with Crippen molar-refractivity contribution in [2.24, 2.45) is 0 Å². The normalized spacial score (nSPS) is 10.3. The van der Waals surface area contributed by atoms with E-state index in [1.807, 2.05) is 48.5 Å². The monoisotopic (exact) mass is 426 g/mol. The highest BCUT2D eigenvalue weighted by Crippen LogP contribution is 2.25. The number of esters is 1. The lowest BCUT2D eigenvalue weighted by Gasteiger charge is -2.06. The van der Waals surface area contributed by atoms with Crippen LogP contribution in [0.3, 0.4) is 0 Å². The highest BCUT2D eigenvalue weighted by molar-refractivity contribution is 7.13. The second-order valence-corrected chi connectivity index (χ2v) is 7.15. The number of carbonyl (C=O) groups is 2. The van der Waals surface area contributed by atoms with Crippen LogP contribution in [0.2, 0.25) is 0 Å². The lowest BCUT2D eigenvalue weighted by molar-refractivity contribution is -0.124. The molecule has 0 atom stereocenters. The summed E-state index contributed by atoms with van der Waals surface area (Å²) in [6.07, 6.45) is 0.668. The van der Waals surface area contributed by atoms with Crippen LogP contribution in [0.5, 0.6) is 11.5 Å². The summed E-state index contributed by atoms with van der Waals surface area (Å²) in [4.78, 5) is 28.4. The fraction of sp³-hybridized carbons (Fsp3) is 0.227. The van der Waals surface area contributed by atoms with Crippen molar-refractivity contribution >= 4 is 23.2 Å². The van der Waals surface area contributed by atoms with E-state index in [4.69, 9.17) is 14.2 Å². The zero-order valence-electron chi connectivity index (χ0n) is 16.7. The minimum atomic E-state index is -0.628. The van der Waals surface area contributed by atoms with Crippen molar-refractivity contribution in [1.29, 1.82) is 0 Å². The van der Waals surface area contributed by atoms with Crippen molar-refractivity contribution in [1.82, 2.24) is 10.3 Å². The van der Waals surface area contributed by atoms with Gasteiger partial charge in [0.05, 0.1) is 14.2 Å². The Morgan fingerprint density at radius 1 is 0.967 bits per heavy atom. The van der Waals surface area contributed by atoms with Gasteiger partial charge in [-0.3, -0.25) is 4.79 Å². The molecule has 1 heterocycles. The molecule has 2 aromatic carbocycles. The first-order valence-electron chi connectivity index (χ1n) is 9.25. The number of nitrogens with zero attached hydrogens (tertiary/aromatic N) is 1. The molecule has 0 radical (unpaired) electrons. The molecule has 3 rings (SSSR count). The third-order valence-electron chi connectivity index (χ3n) is 4.28. The van der Waals surface area contributed by atoms with Crippen LogP contribution < -0.4 is 14.8 Å². The van der Waals surface area contributed by atoms with Crippen LogP contribution in [0.25, 0.3) is 10.6 Å². The molecule has 1 amide bonds. The van der Waals surface area contributed by atoms with Crippen LogP contribution in [-0.4, -0.2) is 44.2 Å². The molecule has 0 aliphatic heterocycles. The van der Waals surface area contributed by atoms with Crippen LogP contribution >= 0.6 is 11.3 Å². The minimum absolute atomic E-state index is 0.178. The number of amides is 1. The molecule has 0 saturated heterocycles. The third kappa shape index (κ3) is 5.81. The predicted molar refractivity (Wildman–Crippen MR) is 114 cm³/mol. The number of ether oxygens (including phenoxy) is 3. The Morgan fingerprint density at radius 3 is 2.23 bits per heavy atom. The number of thiazole rings is 1. The SMILES string of the molecule is COc1ccc(CCNC(=O)COC(=O)c2csc(-c3ccc(OC)cc3)n2)cc1. The number of benzene rings is 2. The smallest absolute Gasteiger partial charge is 0.358 e.